The number of nitrogens with one attached hydrogen (secondary N) is 1. The van der Waals surface area contributed by atoms with Crippen LogP contribution in [-0.2, 0) is 28.0 Å². The van der Waals surface area contributed by atoms with Crippen molar-refractivity contribution in [3.8, 4) is 0 Å². The molecule has 0 aromatic carbocycles. The highest BCUT2D eigenvalue weighted by molar-refractivity contribution is 7.50. The fourth-order valence-electron chi connectivity index (χ4n) is 3.47. The first kappa shape index (κ1) is 24.2. The molecule has 2 aliphatic heterocycles. The molecule has 0 amide bonds. The van der Waals surface area contributed by atoms with Crippen molar-refractivity contribution >= 4 is 7.75 Å². The van der Waals surface area contributed by atoms with Crippen LogP contribution in [0, 0.1) is 0 Å². The van der Waals surface area contributed by atoms with Gasteiger partial charge in [0.2, 0.25) is 0 Å². The first-order chi connectivity index (χ1) is 13.0. The minimum Gasteiger partial charge on any atom is -0.388 e. The highest BCUT2D eigenvalue weighted by atomic mass is 31.2. The molecule has 166 valence electrons. The molecule has 2 saturated heterocycles. The van der Waals surface area contributed by atoms with Crippen LogP contribution < -0.4 is 5.09 Å². The third-order valence-corrected chi connectivity index (χ3v) is 5.87. The summed E-state index contributed by atoms with van der Waals surface area (Å²) in [5.41, 5.74) is 0. The number of ether oxygens (including phenoxy) is 4. The Balaban J connectivity index is 1.93. The predicted octanol–water partition coefficient (Wildman–Crippen LogP) is 1.61. The molecule has 0 spiro atoms. The minimum atomic E-state index is -4.20. The molecule has 2 fully saturated rings. The molecule has 0 aromatic rings. The van der Waals surface area contributed by atoms with Crippen LogP contribution in [0.2, 0.25) is 0 Å². The van der Waals surface area contributed by atoms with Crippen LogP contribution in [0.25, 0.3) is 0 Å². The SMILES string of the molecule is CC(C)OC[C@H]1O[C@@H](C)[C@@H](O)C1OP(=O)(O)NC[C@H]1O[C@@H](C)CC1OC(C)C. The van der Waals surface area contributed by atoms with E-state index in [4.69, 9.17) is 23.5 Å². The molecule has 10 heteroatoms. The quantitative estimate of drug-likeness (QED) is 0.449. The van der Waals surface area contributed by atoms with E-state index in [1.165, 1.54) is 0 Å². The smallest absolute Gasteiger partial charge is 0.388 e. The Morgan fingerprint density at radius 1 is 1.14 bits per heavy atom. The molecule has 2 aliphatic rings. The number of aliphatic hydroxyl groups is 1. The average molecular weight is 425 g/mol. The molecule has 2 heterocycles. The van der Waals surface area contributed by atoms with E-state index in [-0.39, 0.29) is 43.7 Å². The average Bonchev–Trinajstić information content (AvgIpc) is 3.04. The summed E-state index contributed by atoms with van der Waals surface area (Å²) in [4.78, 5) is 10.3. The van der Waals surface area contributed by atoms with E-state index >= 15 is 0 Å². The molecule has 8 atom stereocenters. The van der Waals surface area contributed by atoms with Gasteiger partial charge in [-0.25, -0.2) is 9.65 Å². The maximum Gasteiger partial charge on any atom is 0.403 e. The Morgan fingerprint density at radius 2 is 1.82 bits per heavy atom. The second-order valence-corrected chi connectivity index (χ2v) is 9.72. The van der Waals surface area contributed by atoms with Crippen molar-refractivity contribution in [2.45, 2.75) is 103 Å². The fourth-order valence-corrected chi connectivity index (χ4v) is 4.55. The highest BCUT2D eigenvalue weighted by Gasteiger charge is 2.46. The second kappa shape index (κ2) is 10.3. The monoisotopic (exact) mass is 425 g/mol. The van der Waals surface area contributed by atoms with E-state index in [0.29, 0.717) is 0 Å². The van der Waals surface area contributed by atoms with Gasteiger partial charge in [0.1, 0.15) is 18.3 Å². The van der Waals surface area contributed by atoms with E-state index in [1.54, 1.807) is 6.92 Å². The third kappa shape index (κ3) is 7.00. The maximum atomic E-state index is 12.6. The number of hydrogen-bond acceptors (Lipinski definition) is 7. The molecule has 9 nitrogen and oxygen atoms in total. The Labute approximate surface area is 167 Å². The summed E-state index contributed by atoms with van der Waals surface area (Å²) in [5, 5.41) is 12.9. The van der Waals surface area contributed by atoms with Gasteiger partial charge in [0.05, 0.1) is 43.2 Å². The Morgan fingerprint density at radius 3 is 2.43 bits per heavy atom. The summed E-state index contributed by atoms with van der Waals surface area (Å²) in [6.45, 7) is 11.5. The van der Waals surface area contributed by atoms with Crippen molar-refractivity contribution in [2.75, 3.05) is 13.2 Å². The number of rotatable bonds is 10. The molecule has 0 radical (unpaired) electrons. The lowest BCUT2D eigenvalue weighted by molar-refractivity contribution is -0.0533. The molecule has 0 aromatic heterocycles. The first-order valence-corrected chi connectivity index (χ1v) is 11.6. The lowest BCUT2D eigenvalue weighted by atomic mass is 10.1. The van der Waals surface area contributed by atoms with Crippen LogP contribution in [0.15, 0.2) is 0 Å². The fraction of sp³-hybridized carbons (Fsp3) is 1.00. The summed E-state index contributed by atoms with van der Waals surface area (Å²) >= 11 is 0. The largest absolute Gasteiger partial charge is 0.403 e. The molecule has 0 aliphatic carbocycles. The van der Waals surface area contributed by atoms with E-state index in [2.05, 4.69) is 5.09 Å². The van der Waals surface area contributed by atoms with Crippen molar-refractivity contribution in [1.82, 2.24) is 5.09 Å². The topological polar surface area (TPSA) is 116 Å². The molecule has 3 unspecified atom stereocenters. The van der Waals surface area contributed by atoms with Crippen molar-refractivity contribution < 1.29 is 38.0 Å². The van der Waals surface area contributed by atoms with Gasteiger partial charge in [-0.05, 0) is 41.5 Å². The van der Waals surface area contributed by atoms with E-state index in [9.17, 15) is 14.6 Å². The molecular weight excluding hydrogens is 389 g/mol. The molecular formula is C18H36NO8P. The van der Waals surface area contributed by atoms with Gasteiger partial charge in [-0.1, -0.05) is 0 Å². The van der Waals surface area contributed by atoms with E-state index < -0.39 is 32.2 Å². The van der Waals surface area contributed by atoms with Gasteiger partial charge in [0.25, 0.3) is 0 Å². The molecule has 0 saturated carbocycles. The van der Waals surface area contributed by atoms with Crippen LogP contribution in [0.1, 0.15) is 48.0 Å². The van der Waals surface area contributed by atoms with Gasteiger partial charge in [-0.2, -0.15) is 0 Å². The summed E-state index contributed by atoms with van der Waals surface area (Å²) in [6, 6.07) is 0. The molecule has 3 N–H and O–H groups in total. The van der Waals surface area contributed by atoms with Crippen LogP contribution >= 0.6 is 7.75 Å². The highest BCUT2D eigenvalue weighted by Crippen LogP contribution is 2.43. The zero-order valence-corrected chi connectivity index (χ0v) is 18.5. The van der Waals surface area contributed by atoms with Gasteiger partial charge >= 0.3 is 7.75 Å². The Kier molecular flexibility index (Phi) is 8.88. The summed E-state index contributed by atoms with van der Waals surface area (Å²) in [6.07, 6.45) is -2.92. The minimum absolute atomic E-state index is 0.0120. The van der Waals surface area contributed by atoms with Gasteiger partial charge in [-0.3, -0.25) is 4.52 Å². The van der Waals surface area contributed by atoms with Crippen LogP contribution in [-0.4, -0.2) is 78.1 Å². The zero-order chi connectivity index (χ0) is 21.1. The Hall–Kier alpha value is -0.0900. The van der Waals surface area contributed by atoms with Gasteiger partial charge < -0.3 is 28.9 Å². The summed E-state index contributed by atoms with van der Waals surface area (Å²) < 4.78 is 40.8. The summed E-state index contributed by atoms with van der Waals surface area (Å²) in [7, 11) is -4.20. The predicted molar refractivity (Wildman–Crippen MR) is 103 cm³/mol. The van der Waals surface area contributed by atoms with E-state index in [1.807, 2.05) is 34.6 Å². The normalized spacial score (nSPS) is 38.4. The Bertz CT molecular complexity index is 534. The van der Waals surface area contributed by atoms with Crippen LogP contribution in [0.4, 0.5) is 0 Å². The van der Waals surface area contributed by atoms with Crippen molar-refractivity contribution in [2.24, 2.45) is 0 Å². The van der Waals surface area contributed by atoms with Crippen LogP contribution in [0.5, 0.6) is 0 Å². The van der Waals surface area contributed by atoms with Crippen molar-refractivity contribution in [1.29, 1.82) is 0 Å². The van der Waals surface area contributed by atoms with E-state index in [0.717, 1.165) is 6.42 Å². The van der Waals surface area contributed by atoms with Crippen LogP contribution in [0.3, 0.4) is 0 Å². The number of hydrogen-bond donors (Lipinski definition) is 3. The standard InChI is InChI=1S/C18H36NO8P/c1-10(2)23-9-16-18(17(20)13(6)26-16)27-28(21,22)19-8-15-14(24-11(3)4)7-12(5)25-15/h10-18,20H,7-9H2,1-6H3,(H2,19,21,22)/t12-,13-,14?,15+,16+,17+,18?/m0/s1. The van der Waals surface area contributed by atoms with Gasteiger partial charge in [-0.15, -0.1) is 0 Å². The maximum absolute atomic E-state index is 12.6. The summed E-state index contributed by atoms with van der Waals surface area (Å²) in [5.74, 6) is 0. The van der Waals surface area contributed by atoms with Crippen molar-refractivity contribution in [3.63, 3.8) is 0 Å². The van der Waals surface area contributed by atoms with Crippen molar-refractivity contribution in [3.05, 3.63) is 0 Å². The number of aliphatic hydroxyl groups excluding tert-OH is 1. The second-order valence-electron chi connectivity index (χ2n) is 8.15. The lowest BCUT2D eigenvalue weighted by Crippen LogP contribution is -2.39. The third-order valence-electron chi connectivity index (χ3n) is 4.76. The lowest BCUT2D eigenvalue weighted by Gasteiger charge is -2.26. The first-order valence-electron chi connectivity index (χ1n) is 10.0. The molecule has 0 bridgehead atoms. The zero-order valence-electron chi connectivity index (χ0n) is 17.6. The van der Waals surface area contributed by atoms with Gasteiger partial charge in [0.15, 0.2) is 0 Å². The molecule has 28 heavy (non-hydrogen) atoms. The van der Waals surface area contributed by atoms with Gasteiger partial charge in [0, 0.05) is 13.0 Å². The molecule has 2 rings (SSSR count).